The van der Waals surface area contributed by atoms with Crippen LogP contribution in [-0.4, -0.2) is 28.5 Å². The summed E-state index contributed by atoms with van der Waals surface area (Å²) in [5, 5.41) is 11.3. The summed E-state index contributed by atoms with van der Waals surface area (Å²) in [5.41, 5.74) is 0.301. The van der Waals surface area contributed by atoms with Crippen LogP contribution in [0.2, 0.25) is 5.02 Å². The zero-order chi connectivity index (χ0) is 21.9. The molecular weight excluding hydrogens is 448 g/mol. The van der Waals surface area contributed by atoms with Crippen molar-refractivity contribution in [2.75, 3.05) is 11.3 Å². The molecule has 0 saturated heterocycles. The van der Waals surface area contributed by atoms with Crippen LogP contribution in [0.4, 0.5) is 5.69 Å². The van der Waals surface area contributed by atoms with E-state index in [0.29, 0.717) is 17.1 Å². The molecule has 0 spiro atoms. The highest BCUT2D eigenvalue weighted by Gasteiger charge is 2.22. The minimum Gasteiger partial charge on any atom is -0.507 e. The third kappa shape index (κ3) is 4.86. The van der Waals surface area contributed by atoms with Crippen LogP contribution < -0.4 is 9.44 Å². The summed E-state index contributed by atoms with van der Waals surface area (Å²) >= 11 is 5.81. The van der Waals surface area contributed by atoms with Crippen molar-refractivity contribution in [2.24, 2.45) is 0 Å². The zero-order valence-electron chi connectivity index (χ0n) is 16.1. The highest BCUT2D eigenvalue weighted by atomic mass is 35.5. The van der Waals surface area contributed by atoms with Gasteiger partial charge < -0.3 is 5.11 Å². The Morgan fingerprint density at radius 3 is 2.33 bits per heavy atom. The van der Waals surface area contributed by atoms with Crippen molar-refractivity contribution < 1.29 is 21.9 Å². The Morgan fingerprint density at radius 2 is 1.67 bits per heavy atom. The van der Waals surface area contributed by atoms with Crippen LogP contribution in [0.3, 0.4) is 0 Å². The van der Waals surface area contributed by atoms with Crippen molar-refractivity contribution in [3.63, 3.8) is 0 Å². The zero-order valence-corrected chi connectivity index (χ0v) is 18.5. The number of phenols is 1. The van der Waals surface area contributed by atoms with Gasteiger partial charge in [-0.1, -0.05) is 37.1 Å². The number of hydrogen-bond donors (Lipinski definition) is 3. The van der Waals surface area contributed by atoms with Crippen molar-refractivity contribution in [3.05, 3.63) is 59.6 Å². The van der Waals surface area contributed by atoms with Gasteiger partial charge in [0.1, 0.15) is 5.75 Å². The molecule has 3 aromatic carbocycles. The van der Waals surface area contributed by atoms with Gasteiger partial charge in [0.05, 0.1) is 9.79 Å². The van der Waals surface area contributed by atoms with E-state index in [1.807, 2.05) is 6.92 Å². The number of aromatic hydroxyl groups is 1. The highest BCUT2D eigenvalue weighted by Crippen LogP contribution is 2.34. The van der Waals surface area contributed by atoms with Crippen molar-refractivity contribution in [1.29, 1.82) is 0 Å². The largest absolute Gasteiger partial charge is 0.507 e. The maximum atomic E-state index is 12.8. The van der Waals surface area contributed by atoms with Gasteiger partial charge in [0.15, 0.2) is 0 Å². The molecule has 0 aliphatic carbocycles. The standard InChI is InChI=1S/C20H21ClN2O5S2/c1-2-3-11-22-30(27,28)19-6-4-5-14-12-17(13-18(24)20(14)19)29(25,26)23-16-9-7-15(21)8-10-16/h4-10,12-13,22-24H,2-3,11H2,1H3. The molecule has 3 N–H and O–H groups in total. The molecule has 0 saturated carbocycles. The maximum absolute atomic E-state index is 12.8. The Kier molecular flexibility index (Phi) is 6.56. The Hall–Kier alpha value is -2.33. The summed E-state index contributed by atoms with van der Waals surface area (Å²) in [6, 6.07) is 12.9. The smallest absolute Gasteiger partial charge is 0.262 e. The molecule has 0 amide bonds. The van der Waals surface area contributed by atoms with E-state index in [1.165, 1.54) is 30.3 Å². The van der Waals surface area contributed by atoms with Crippen LogP contribution in [0.25, 0.3) is 10.8 Å². The number of unbranched alkanes of at least 4 members (excludes halogenated alkanes) is 1. The van der Waals surface area contributed by atoms with E-state index in [2.05, 4.69) is 9.44 Å². The molecule has 0 fully saturated rings. The Bertz CT molecular complexity index is 1270. The summed E-state index contributed by atoms with van der Waals surface area (Å²) in [7, 11) is -7.89. The van der Waals surface area contributed by atoms with Gasteiger partial charge >= 0.3 is 0 Å². The maximum Gasteiger partial charge on any atom is 0.262 e. The second-order valence-corrected chi connectivity index (χ2v) is 10.5. The van der Waals surface area contributed by atoms with Crippen LogP contribution in [0.5, 0.6) is 5.75 Å². The summed E-state index contributed by atoms with van der Waals surface area (Å²) in [6.07, 6.45) is 1.50. The number of phenolic OH excluding ortho intramolecular Hbond substituents is 1. The van der Waals surface area contributed by atoms with Crippen molar-refractivity contribution in [3.8, 4) is 5.75 Å². The predicted molar refractivity (Wildman–Crippen MR) is 118 cm³/mol. The van der Waals surface area contributed by atoms with Crippen LogP contribution in [0.15, 0.2) is 64.4 Å². The first-order valence-electron chi connectivity index (χ1n) is 9.18. The fourth-order valence-electron chi connectivity index (χ4n) is 2.92. The molecule has 0 aromatic heterocycles. The molecule has 7 nitrogen and oxygen atoms in total. The van der Waals surface area contributed by atoms with E-state index in [4.69, 9.17) is 11.6 Å². The number of sulfonamides is 2. The molecule has 0 heterocycles. The molecule has 0 aliphatic heterocycles. The van der Waals surface area contributed by atoms with Crippen LogP contribution in [0.1, 0.15) is 19.8 Å². The minimum absolute atomic E-state index is 0.0620. The average molecular weight is 469 g/mol. The lowest BCUT2D eigenvalue weighted by Crippen LogP contribution is -2.25. The molecule has 0 atom stereocenters. The van der Waals surface area contributed by atoms with E-state index in [1.54, 1.807) is 18.2 Å². The number of fused-ring (bicyclic) bond motifs is 1. The molecule has 3 aromatic rings. The predicted octanol–water partition coefficient (Wildman–Crippen LogP) is 4.08. The summed E-state index contributed by atoms with van der Waals surface area (Å²) < 4.78 is 55.7. The lowest BCUT2D eigenvalue weighted by Gasteiger charge is -2.13. The summed E-state index contributed by atoms with van der Waals surface area (Å²) in [4.78, 5) is -0.306. The van der Waals surface area contributed by atoms with E-state index < -0.39 is 25.8 Å². The van der Waals surface area contributed by atoms with Crippen LogP contribution >= 0.6 is 11.6 Å². The topological polar surface area (TPSA) is 113 Å². The Balaban J connectivity index is 2.03. The van der Waals surface area contributed by atoms with E-state index in [-0.39, 0.29) is 27.1 Å². The Morgan fingerprint density at radius 1 is 0.967 bits per heavy atom. The lowest BCUT2D eigenvalue weighted by atomic mass is 10.1. The number of hydrogen-bond acceptors (Lipinski definition) is 5. The summed E-state index contributed by atoms with van der Waals surface area (Å²) in [5.74, 6) is -0.444. The minimum atomic E-state index is -4.02. The van der Waals surface area contributed by atoms with Gasteiger partial charge in [-0.2, -0.15) is 0 Å². The molecule has 3 rings (SSSR count). The quantitative estimate of drug-likeness (QED) is 0.431. The molecule has 30 heavy (non-hydrogen) atoms. The Labute approximate surface area is 180 Å². The van der Waals surface area contributed by atoms with Gasteiger partial charge in [-0.15, -0.1) is 0 Å². The fraction of sp³-hybridized carbons (Fsp3) is 0.200. The second kappa shape index (κ2) is 8.81. The number of benzene rings is 3. The number of rotatable bonds is 8. The van der Waals surface area contributed by atoms with Crippen molar-refractivity contribution in [1.82, 2.24) is 4.72 Å². The van der Waals surface area contributed by atoms with E-state index >= 15 is 0 Å². The third-order valence-corrected chi connectivity index (χ3v) is 7.53. The molecule has 0 aliphatic rings. The molecule has 0 bridgehead atoms. The van der Waals surface area contributed by atoms with Gasteiger partial charge in [-0.25, -0.2) is 21.6 Å². The third-order valence-electron chi connectivity index (χ3n) is 4.41. The second-order valence-electron chi connectivity index (χ2n) is 6.66. The number of halogens is 1. The number of nitrogens with one attached hydrogen (secondary N) is 2. The average Bonchev–Trinajstić information content (AvgIpc) is 2.69. The highest BCUT2D eigenvalue weighted by molar-refractivity contribution is 7.92. The van der Waals surface area contributed by atoms with Crippen molar-refractivity contribution in [2.45, 2.75) is 29.6 Å². The first-order chi connectivity index (χ1) is 14.1. The van der Waals surface area contributed by atoms with Gasteiger partial charge in [0.2, 0.25) is 10.0 Å². The molecule has 10 heteroatoms. The van der Waals surface area contributed by atoms with Gasteiger partial charge in [0, 0.05) is 28.7 Å². The first kappa shape index (κ1) is 22.4. The van der Waals surface area contributed by atoms with E-state index in [0.717, 1.165) is 12.5 Å². The molecule has 160 valence electrons. The monoisotopic (exact) mass is 468 g/mol. The molecule has 0 radical (unpaired) electrons. The van der Waals surface area contributed by atoms with Gasteiger partial charge in [-0.05, 0) is 48.2 Å². The normalized spacial score (nSPS) is 12.2. The van der Waals surface area contributed by atoms with Crippen molar-refractivity contribution >= 4 is 48.1 Å². The van der Waals surface area contributed by atoms with E-state index in [9.17, 15) is 21.9 Å². The molecule has 0 unspecified atom stereocenters. The SMILES string of the molecule is CCCCNS(=O)(=O)c1cccc2cc(S(=O)(=O)Nc3ccc(Cl)cc3)cc(O)c12. The van der Waals surface area contributed by atoms with Gasteiger partial charge in [-0.3, -0.25) is 4.72 Å². The van der Waals surface area contributed by atoms with Gasteiger partial charge in [0.25, 0.3) is 10.0 Å². The molecular formula is C20H21ClN2O5S2. The summed E-state index contributed by atoms with van der Waals surface area (Å²) in [6.45, 7) is 2.21. The lowest BCUT2D eigenvalue weighted by molar-refractivity contribution is 0.478. The first-order valence-corrected chi connectivity index (χ1v) is 12.5. The van der Waals surface area contributed by atoms with Crippen LogP contribution in [-0.2, 0) is 20.0 Å². The fourth-order valence-corrected chi connectivity index (χ4v) is 5.47. The van der Waals surface area contributed by atoms with Crippen LogP contribution in [0, 0.1) is 0 Å². The number of anilines is 1.